The van der Waals surface area contributed by atoms with Crippen LogP contribution in [0.25, 0.3) is 0 Å². The fraction of sp³-hybridized carbons (Fsp3) is 0.263. The van der Waals surface area contributed by atoms with Crippen LogP contribution in [0.3, 0.4) is 0 Å². The van der Waals surface area contributed by atoms with Crippen molar-refractivity contribution in [3.05, 3.63) is 70.7 Å². The second-order valence-electron chi connectivity index (χ2n) is 6.14. The third kappa shape index (κ3) is 3.81. The van der Waals surface area contributed by atoms with Crippen LogP contribution in [0.2, 0.25) is 0 Å². The summed E-state index contributed by atoms with van der Waals surface area (Å²) >= 11 is 0.245. The molecule has 0 spiro atoms. The van der Waals surface area contributed by atoms with Gasteiger partial charge in [0.1, 0.15) is 0 Å². The number of nitrogens with zero attached hydrogens (tertiary/aromatic N) is 1. The average Bonchev–Trinajstić information content (AvgIpc) is 2.96. The van der Waals surface area contributed by atoms with Crippen molar-refractivity contribution in [2.75, 3.05) is 13.1 Å². The van der Waals surface area contributed by atoms with Crippen LogP contribution in [0.5, 0.6) is 0 Å². The second-order valence-corrected chi connectivity index (χ2v) is 10.1. The summed E-state index contributed by atoms with van der Waals surface area (Å²) in [5.74, 6) is 0.274. The molecule has 2 aromatic carbocycles. The molecule has 3 nitrogen and oxygen atoms in total. The Balaban J connectivity index is 1.76. The quantitative estimate of drug-likeness (QED) is 0.732. The van der Waals surface area contributed by atoms with Crippen molar-refractivity contribution in [3.8, 4) is 0 Å². The van der Waals surface area contributed by atoms with Crippen LogP contribution < -0.4 is 4.46 Å². The van der Waals surface area contributed by atoms with E-state index < -0.39 is 10.0 Å². The van der Waals surface area contributed by atoms with Gasteiger partial charge in [0.2, 0.25) is 0 Å². The van der Waals surface area contributed by atoms with Crippen molar-refractivity contribution in [2.45, 2.75) is 18.7 Å². The summed E-state index contributed by atoms with van der Waals surface area (Å²) < 4.78 is 28.5. The van der Waals surface area contributed by atoms with Crippen LogP contribution in [0.4, 0.5) is 0 Å². The van der Waals surface area contributed by atoms with Crippen LogP contribution >= 0.6 is 0 Å². The summed E-state index contributed by atoms with van der Waals surface area (Å²) in [5.41, 5.74) is 2.30. The van der Waals surface area contributed by atoms with Gasteiger partial charge in [0.05, 0.1) is 0 Å². The molecule has 0 amide bonds. The molecule has 1 unspecified atom stereocenters. The summed E-state index contributed by atoms with van der Waals surface area (Å²) in [6.45, 7) is 5.14. The Kier molecular flexibility index (Phi) is 5.26. The molecule has 1 aliphatic rings. The monoisotopic (exact) mass is 407 g/mol. The summed E-state index contributed by atoms with van der Waals surface area (Å²) in [4.78, 5) is 2.63. The van der Waals surface area contributed by atoms with E-state index in [2.05, 4.69) is 24.0 Å². The van der Waals surface area contributed by atoms with E-state index in [1.807, 2.05) is 37.3 Å². The molecule has 1 aliphatic heterocycles. The molecule has 1 saturated heterocycles. The van der Waals surface area contributed by atoms with E-state index in [1.165, 1.54) is 10.0 Å². The Morgan fingerprint density at radius 3 is 2.42 bits per heavy atom. The summed E-state index contributed by atoms with van der Waals surface area (Å²) in [6, 6.07) is 17.4. The first-order chi connectivity index (χ1) is 11.5. The maximum absolute atomic E-state index is 12.8. The van der Waals surface area contributed by atoms with Gasteiger partial charge in [-0.1, -0.05) is 0 Å². The molecule has 1 heterocycles. The first-order valence-corrected chi connectivity index (χ1v) is 11.2. The molecule has 0 aromatic heterocycles. The minimum atomic E-state index is -3.40. The first kappa shape index (κ1) is 17.4. The van der Waals surface area contributed by atoms with Crippen LogP contribution in [-0.4, -0.2) is 40.8 Å². The molecule has 2 aromatic rings. The molecule has 1 fully saturated rings. The average molecular weight is 406 g/mol. The Morgan fingerprint density at radius 2 is 1.75 bits per heavy atom. The number of aryl methyl sites for hydroxylation is 1. The maximum atomic E-state index is 12.8. The van der Waals surface area contributed by atoms with Crippen LogP contribution in [0.15, 0.2) is 70.0 Å². The van der Waals surface area contributed by atoms with Crippen LogP contribution in [0, 0.1) is 12.8 Å². The second kappa shape index (κ2) is 7.24. The number of rotatable bonds is 4. The van der Waals surface area contributed by atoms with E-state index in [0.29, 0.717) is 18.0 Å². The van der Waals surface area contributed by atoms with E-state index in [9.17, 15) is 8.42 Å². The zero-order valence-corrected chi connectivity index (χ0v) is 16.4. The fourth-order valence-corrected chi connectivity index (χ4v) is 6.11. The predicted molar refractivity (Wildman–Crippen MR) is 99.0 cm³/mol. The van der Waals surface area contributed by atoms with Crippen molar-refractivity contribution in [3.63, 3.8) is 0 Å². The van der Waals surface area contributed by atoms with Gasteiger partial charge in [-0.3, -0.25) is 0 Å². The Hall–Kier alpha value is -1.39. The van der Waals surface area contributed by atoms with E-state index in [1.54, 1.807) is 16.4 Å². The van der Waals surface area contributed by atoms with Gasteiger partial charge in [-0.25, -0.2) is 0 Å². The number of hydrogen-bond acceptors (Lipinski definition) is 2. The topological polar surface area (TPSA) is 37.4 Å². The molecule has 0 saturated carbocycles. The van der Waals surface area contributed by atoms with E-state index >= 15 is 0 Å². The van der Waals surface area contributed by atoms with Gasteiger partial charge in [0.25, 0.3) is 0 Å². The van der Waals surface area contributed by atoms with Crippen molar-refractivity contribution in [1.82, 2.24) is 4.31 Å². The van der Waals surface area contributed by atoms with Crippen LogP contribution in [-0.2, 0) is 10.0 Å². The molecule has 126 valence electrons. The molecule has 5 heteroatoms. The number of benzene rings is 2. The third-order valence-corrected chi connectivity index (χ3v) is 8.07. The fourth-order valence-electron chi connectivity index (χ4n) is 2.69. The summed E-state index contributed by atoms with van der Waals surface area (Å²) in [6.07, 6.45) is 0. The van der Waals surface area contributed by atoms with Gasteiger partial charge < -0.3 is 0 Å². The Morgan fingerprint density at radius 1 is 1.08 bits per heavy atom. The standard InChI is InChI=1S/C19H21NO2SSe/c1-15-8-10-18(11-9-15)23(21,22)20-12-16(2)17(13-20)14-24-19-6-4-3-5-7-19/h3-11,14,16H,12-13H2,1-2H3/b17-14-. The molecule has 24 heavy (non-hydrogen) atoms. The van der Waals surface area contributed by atoms with Gasteiger partial charge in [-0.2, -0.15) is 0 Å². The summed E-state index contributed by atoms with van der Waals surface area (Å²) in [5, 5.41) is 0. The third-order valence-electron chi connectivity index (χ3n) is 4.22. The normalized spacial score (nSPS) is 20.6. The molecule has 0 N–H and O–H groups in total. The van der Waals surface area contributed by atoms with Crippen molar-refractivity contribution < 1.29 is 8.42 Å². The van der Waals surface area contributed by atoms with Crippen molar-refractivity contribution in [1.29, 1.82) is 0 Å². The summed E-state index contributed by atoms with van der Waals surface area (Å²) in [7, 11) is -3.40. The first-order valence-electron chi connectivity index (χ1n) is 7.94. The molecular weight excluding hydrogens is 385 g/mol. The molecule has 3 rings (SSSR count). The van der Waals surface area contributed by atoms with Gasteiger partial charge in [-0.15, -0.1) is 0 Å². The van der Waals surface area contributed by atoms with E-state index in [-0.39, 0.29) is 20.9 Å². The van der Waals surface area contributed by atoms with E-state index in [0.717, 1.165) is 5.56 Å². The minimum absolute atomic E-state index is 0.245. The van der Waals surface area contributed by atoms with Gasteiger partial charge in [0.15, 0.2) is 0 Å². The van der Waals surface area contributed by atoms with Gasteiger partial charge in [0, 0.05) is 0 Å². The molecular formula is C19H21NO2SSe. The zero-order valence-electron chi connectivity index (χ0n) is 13.8. The Labute approximate surface area is 150 Å². The van der Waals surface area contributed by atoms with Gasteiger partial charge in [-0.05, 0) is 0 Å². The SMILES string of the molecule is Cc1ccc(S(=O)(=O)N2C/C(=C/[Se]c3ccccc3)C(C)C2)cc1. The number of hydrogen-bond donors (Lipinski definition) is 0. The molecule has 1 atom stereocenters. The van der Waals surface area contributed by atoms with E-state index in [4.69, 9.17) is 0 Å². The Bertz CT molecular complexity index is 829. The molecule has 0 aliphatic carbocycles. The van der Waals surface area contributed by atoms with Crippen molar-refractivity contribution in [2.24, 2.45) is 5.92 Å². The molecule has 0 radical (unpaired) electrons. The van der Waals surface area contributed by atoms with Crippen LogP contribution in [0.1, 0.15) is 12.5 Å². The number of sulfonamides is 1. The van der Waals surface area contributed by atoms with Crippen molar-refractivity contribution >= 4 is 29.4 Å². The zero-order chi connectivity index (χ0) is 17.2. The van der Waals surface area contributed by atoms with Gasteiger partial charge >= 0.3 is 151 Å². The molecule has 0 bridgehead atoms. The predicted octanol–water partition coefficient (Wildman–Crippen LogP) is 2.55.